The lowest BCUT2D eigenvalue weighted by atomic mass is 9.92. The van der Waals surface area contributed by atoms with Crippen molar-refractivity contribution in [3.05, 3.63) is 113 Å². The van der Waals surface area contributed by atoms with Crippen LogP contribution in [-0.2, 0) is 6.61 Å². The summed E-state index contributed by atoms with van der Waals surface area (Å²) >= 11 is 0. The minimum Gasteiger partial charge on any atom is -0.497 e. The van der Waals surface area contributed by atoms with E-state index >= 15 is 0 Å². The van der Waals surface area contributed by atoms with E-state index in [4.69, 9.17) is 9.47 Å². The first-order valence-corrected chi connectivity index (χ1v) is 9.85. The third kappa shape index (κ3) is 4.41. The molecule has 154 valence electrons. The van der Waals surface area contributed by atoms with Gasteiger partial charge in [-0.25, -0.2) is 0 Å². The first-order chi connectivity index (χ1) is 15.2. The molecule has 5 nitrogen and oxygen atoms in total. The Morgan fingerprint density at radius 3 is 2.19 bits per heavy atom. The largest absolute Gasteiger partial charge is 0.497 e. The van der Waals surface area contributed by atoms with Crippen molar-refractivity contribution in [2.45, 2.75) is 6.61 Å². The maximum Gasteiger partial charge on any atom is 0.277 e. The number of nitro groups is 1. The Balaban J connectivity index is 1.88. The summed E-state index contributed by atoms with van der Waals surface area (Å²) in [4.78, 5) is 11.6. The van der Waals surface area contributed by atoms with Crippen molar-refractivity contribution in [3.8, 4) is 33.8 Å². The number of nitrogens with zero attached hydrogens (tertiary/aromatic N) is 1. The summed E-state index contributed by atoms with van der Waals surface area (Å²) in [7, 11) is 1.58. The Labute approximate surface area is 180 Å². The maximum atomic E-state index is 11.9. The number of hydrogen-bond donors (Lipinski definition) is 0. The van der Waals surface area contributed by atoms with E-state index in [2.05, 4.69) is 0 Å². The summed E-state index contributed by atoms with van der Waals surface area (Å²) in [5.74, 6) is 1.14. The van der Waals surface area contributed by atoms with Crippen molar-refractivity contribution in [3.63, 3.8) is 0 Å². The summed E-state index contributed by atoms with van der Waals surface area (Å²) in [5, 5.41) is 11.9. The second-order valence-corrected chi connectivity index (χ2v) is 6.96. The summed E-state index contributed by atoms with van der Waals surface area (Å²) in [6, 6.07) is 29.9. The molecule has 4 rings (SSSR count). The van der Waals surface area contributed by atoms with Gasteiger partial charge in [0.05, 0.1) is 17.6 Å². The molecule has 0 atom stereocenters. The zero-order chi connectivity index (χ0) is 21.6. The van der Waals surface area contributed by atoms with E-state index in [-0.39, 0.29) is 10.6 Å². The molecule has 4 aromatic rings. The van der Waals surface area contributed by atoms with E-state index in [1.165, 1.54) is 6.07 Å². The van der Waals surface area contributed by atoms with Gasteiger partial charge in [-0.2, -0.15) is 0 Å². The molecule has 4 aromatic carbocycles. The van der Waals surface area contributed by atoms with E-state index < -0.39 is 0 Å². The van der Waals surface area contributed by atoms with Crippen molar-refractivity contribution in [2.24, 2.45) is 0 Å². The van der Waals surface area contributed by atoms with Crippen LogP contribution in [0.5, 0.6) is 11.5 Å². The fourth-order valence-corrected chi connectivity index (χ4v) is 3.52. The molecule has 0 aliphatic heterocycles. The highest BCUT2D eigenvalue weighted by molar-refractivity contribution is 5.92. The Kier molecular flexibility index (Phi) is 5.94. The van der Waals surface area contributed by atoms with Gasteiger partial charge < -0.3 is 9.47 Å². The standard InChI is InChI=1S/C26H21NO4/c1-30-21-15-16-23(25(17-21)31-18-19-9-4-2-5-10-19)26-22(20-11-6-3-7-12-20)13-8-14-24(26)27(28)29/h2-17H,18H2,1H3. The van der Waals surface area contributed by atoms with Crippen LogP contribution in [-0.4, -0.2) is 12.0 Å². The molecule has 0 fully saturated rings. The minimum absolute atomic E-state index is 0.0241. The van der Waals surface area contributed by atoms with Crippen LogP contribution < -0.4 is 9.47 Å². The lowest BCUT2D eigenvalue weighted by Gasteiger charge is -2.16. The van der Waals surface area contributed by atoms with Crippen LogP contribution in [0.25, 0.3) is 22.3 Å². The van der Waals surface area contributed by atoms with E-state index in [1.54, 1.807) is 25.3 Å². The number of nitro benzene ring substituents is 1. The van der Waals surface area contributed by atoms with E-state index in [9.17, 15) is 10.1 Å². The molecule has 0 amide bonds. The average molecular weight is 411 g/mol. The first kappa shape index (κ1) is 20.2. The van der Waals surface area contributed by atoms with Gasteiger partial charge in [-0.05, 0) is 28.8 Å². The first-order valence-electron chi connectivity index (χ1n) is 9.85. The molecule has 0 aliphatic rings. The third-order valence-electron chi connectivity index (χ3n) is 5.02. The molecule has 0 N–H and O–H groups in total. The molecule has 0 aliphatic carbocycles. The number of benzene rings is 4. The summed E-state index contributed by atoms with van der Waals surface area (Å²) in [6.45, 7) is 0.336. The number of methoxy groups -OCH3 is 1. The zero-order valence-corrected chi connectivity index (χ0v) is 17.0. The summed E-state index contributed by atoms with van der Waals surface area (Å²) in [5.41, 5.74) is 3.85. The second kappa shape index (κ2) is 9.13. The highest BCUT2D eigenvalue weighted by Crippen LogP contribution is 2.44. The fraction of sp³-hybridized carbons (Fsp3) is 0.0769. The molecule has 0 radical (unpaired) electrons. The van der Waals surface area contributed by atoms with Gasteiger partial charge in [0, 0.05) is 17.7 Å². The number of hydrogen-bond acceptors (Lipinski definition) is 4. The second-order valence-electron chi connectivity index (χ2n) is 6.96. The predicted octanol–water partition coefficient (Wildman–Crippen LogP) is 6.52. The van der Waals surface area contributed by atoms with Crippen LogP contribution in [0.4, 0.5) is 5.69 Å². The summed E-state index contributed by atoms with van der Waals surface area (Å²) in [6.07, 6.45) is 0. The highest BCUT2D eigenvalue weighted by atomic mass is 16.6. The Bertz CT molecular complexity index is 1190. The monoisotopic (exact) mass is 411 g/mol. The van der Waals surface area contributed by atoms with E-state index in [0.717, 1.165) is 16.7 Å². The lowest BCUT2D eigenvalue weighted by Crippen LogP contribution is -2.00. The van der Waals surface area contributed by atoms with Crippen molar-refractivity contribution in [1.29, 1.82) is 0 Å². The SMILES string of the molecule is COc1ccc(-c2c(-c3ccccc3)cccc2[N+](=O)[O-])c(OCc2ccccc2)c1. The molecule has 0 saturated carbocycles. The average Bonchev–Trinajstić information content (AvgIpc) is 2.83. The van der Waals surface area contributed by atoms with Gasteiger partial charge in [-0.3, -0.25) is 10.1 Å². The van der Waals surface area contributed by atoms with Gasteiger partial charge in [0.25, 0.3) is 5.69 Å². The Morgan fingerprint density at radius 1 is 0.806 bits per heavy atom. The van der Waals surface area contributed by atoms with Crippen LogP contribution in [0, 0.1) is 10.1 Å². The van der Waals surface area contributed by atoms with Crippen LogP contribution in [0.2, 0.25) is 0 Å². The van der Waals surface area contributed by atoms with E-state index in [1.807, 2.05) is 72.8 Å². The van der Waals surface area contributed by atoms with Crippen molar-refractivity contribution >= 4 is 5.69 Å². The summed E-state index contributed by atoms with van der Waals surface area (Å²) < 4.78 is 11.5. The van der Waals surface area contributed by atoms with Crippen molar-refractivity contribution < 1.29 is 14.4 Å². The van der Waals surface area contributed by atoms with Gasteiger partial charge in [-0.15, -0.1) is 0 Å². The van der Waals surface area contributed by atoms with Crippen LogP contribution in [0.1, 0.15) is 5.56 Å². The van der Waals surface area contributed by atoms with Crippen LogP contribution in [0.15, 0.2) is 97.1 Å². The molecular weight excluding hydrogens is 390 g/mol. The molecule has 0 heterocycles. The smallest absolute Gasteiger partial charge is 0.277 e. The van der Waals surface area contributed by atoms with Crippen LogP contribution >= 0.6 is 0 Å². The normalized spacial score (nSPS) is 10.5. The molecular formula is C26H21NO4. The molecule has 0 bridgehead atoms. The topological polar surface area (TPSA) is 61.6 Å². The minimum atomic E-state index is -0.354. The van der Waals surface area contributed by atoms with Crippen molar-refractivity contribution in [2.75, 3.05) is 7.11 Å². The van der Waals surface area contributed by atoms with Gasteiger partial charge in [0.2, 0.25) is 0 Å². The maximum absolute atomic E-state index is 11.9. The van der Waals surface area contributed by atoms with Gasteiger partial charge in [0.15, 0.2) is 0 Å². The van der Waals surface area contributed by atoms with Gasteiger partial charge >= 0.3 is 0 Å². The van der Waals surface area contributed by atoms with Gasteiger partial charge in [-0.1, -0.05) is 72.8 Å². The molecule has 5 heteroatoms. The number of ether oxygens (including phenoxy) is 2. The van der Waals surface area contributed by atoms with E-state index in [0.29, 0.717) is 29.2 Å². The van der Waals surface area contributed by atoms with Gasteiger partial charge in [0.1, 0.15) is 18.1 Å². The third-order valence-corrected chi connectivity index (χ3v) is 5.02. The Hall–Kier alpha value is -4.12. The van der Waals surface area contributed by atoms with Crippen molar-refractivity contribution in [1.82, 2.24) is 0 Å². The fourth-order valence-electron chi connectivity index (χ4n) is 3.52. The molecule has 31 heavy (non-hydrogen) atoms. The van der Waals surface area contributed by atoms with Crippen LogP contribution in [0.3, 0.4) is 0 Å². The zero-order valence-electron chi connectivity index (χ0n) is 17.0. The lowest BCUT2D eigenvalue weighted by molar-refractivity contribution is -0.384. The molecule has 0 spiro atoms. The molecule has 0 saturated heterocycles. The quantitative estimate of drug-likeness (QED) is 0.257. The predicted molar refractivity (Wildman–Crippen MR) is 121 cm³/mol. The highest BCUT2D eigenvalue weighted by Gasteiger charge is 2.23. The molecule has 0 unspecified atom stereocenters. The molecule has 0 aromatic heterocycles. The number of rotatable bonds is 7. The Morgan fingerprint density at radius 2 is 1.52 bits per heavy atom.